The van der Waals surface area contributed by atoms with Crippen molar-refractivity contribution in [2.45, 2.75) is 6.92 Å². The van der Waals surface area contributed by atoms with Crippen LogP contribution in [0.5, 0.6) is 5.75 Å². The van der Waals surface area contributed by atoms with Gasteiger partial charge in [0, 0.05) is 19.5 Å². The van der Waals surface area contributed by atoms with Crippen LogP contribution in [0.1, 0.15) is 23.0 Å². The van der Waals surface area contributed by atoms with Crippen molar-refractivity contribution in [1.29, 1.82) is 0 Å². The number of carbonyl (C=O) groups is 1. The third-order valence-electron chi connectivity index (χ3n) is 4.70. The van der Waals surface area contributed by atoms with Gasteiger partial charge in [-0.05, 0) is 48.9 Å². The van der Waals surface area contributed by atoms with E-state index in [1.54, 1.807) is 41.4 Å². The molecule has 2 aromatic heterocycles. The van der Waals surface area contributed by atoms with E-state index in [2.05, 4.69) is 10.5 Å². The van der Waals surface area contributed by atoms with Crippen LogP contribution in [0.25, 0.3) is 22.0 Å². The van der Waals surface area contributed by atoms with Gasteiger partial charge in [-0.1, -0.05) is 6.07 Å². The minimum atomic E-state index is -0.455. The normalized spacial score (nSPS) is 11.6. The highest BCUT2D eigenvalue weighted by Gasteiger charge is 2.12. The summed E-state index contributed by atoms with van der Waals surface area (Å²) in [6.07, 6.45) is 1.52. The lowest BCUT2D eigenvalue weighted by Gasteiger charge is -2.00. The molecule has 29 heavy (non-hydrogen) atoms. The molecule has 1 N–H and O–H groups in total. The second kappa shape index (κ2) is 7.31. The molecule has 2 aromatic carbocycles. The maximum absolute atomic E-state index is 12.3. The topological polar surface area (TPSA) is 90.8 Å². The highest BCUT2D eigenvalue weighted by molar-refractivity contribution is 5.97. The maximum Gasteiger partial charge on any atom is 0.328 e. The number of hydrogen-bond donors (Lipinski definition) is 1. The van der Waals surface area contributed by atoms with Crippen LogP contribution in [-0.4, -0.2) is 27.9 Å². The molecule has 8 heteroatoms. The van der Waals surface area contributed by atoms with E-state index in [9.17, 15) is 9.59 Å². The Morgan fingerprint density at radius 1 is 1.14 bits per heavy atom. The highest BCUT2D eigenvalue weighted by atomic mass is 16.5. The Kier molecular flexibility index (Phi) is 4.67. The number of ether oxygens (including phenoxy) is 1. The van der Waals surface area contributed by atoms with Gasteiger partial charge in [0.1, 0.15) is 11.3 Å². The number of benzene rings is 2. The summed E-state index contributed by atoms with van der Waals surface area (Å²) in [7, 11) is 3.44. The molecular weight excluding hydrogens is 372 g/mol. The van der Waals surface area contributed by atoms with Gasteiger partial charge >= 0.3 is 11.6 Å². The summed E-state index contributed by atoms with van der Waals surface area (Å²) < 4.78 is 14.2. The SMILES string of the molecule is CCOc1ccc2oc(C(=O)N/N=C/c3ccc4c(c3)n(C)c(=O)n4C)cc2c1. The minimum Gasteiger partial charge on any atom is -0.494 e. The summed E-state index contributed by atoms with van der Waals surface area (Å²) >= 11 is 0. The second-order valence-corrected chi connectivity index (χ2v) is 6.59. The molecule has 0 aliphatic rings. The van der Waals surface area contributed by atoms with Gasteiger partial charge < -0.3 is 9.15 Å². The number of aromatic nitrogens is 2. The lowest BCUT2D eigenvalue weighted by Crippen LogP contribution is -2.19. The van der Waals surface area contributed by atoms with Gasteiger partial charge in [0.05, 0.1) is 23.9 Å². The van der Waals surface area contributed by atoms with Gasteiger partial charge in [-0.2, -0.15) is 5.10 Å². The molecule has 0 aliphatic carbocycles. The molecule has 1 amide bonds. The van der Waals surface area contributed by atoms with Crippen molar-refractivity contribution < 1.29 is 13.9 Å². The van der Waals surface area contributed by atoms with Gasteiger partial charge in [0.2, 0.25) is 0 Å². The van der Waals surface area contributed by atoms with Crippen molar-refractivity contribution in [2.75, 3.05) is 6.61 Å². The number of fused-ring (bicyclic) bond motifs is 2. The van der Waals surface area contributed by atoms with Crippen LogP contribution < -0.4 is 15.9 Å². The Morgan fingerprint density at radius 2 is 1.93 bits per heavy atom. The van der Waals surface area contributed by atoms with Crippen molar-refractivity contribution in [3.05, 3.63) is 64.3 Å². The van der Waals surface area contributed by atoms with E-state index >= 15 is 0 Å². The first-order valence-corrected chi connectivity index (χ1v) is 9.13. The van der Waals surface area contributed by atoms with Crippen molar-refractivity contribution >= 4 is 34.1 Å². The number of hydrogen-bond acceptors (Lipinski definition) is 5. The third-order valence-corrected chi connectivity index (χ3v) is 4.70. The van der Waals surface area contributed by atoms with E-state index < -0.39 is 5.91 Å². The first-order chi connectivity index (χ1) is 14.0. The average molecular weight is 392 g/mol. The smallest absolute Gasteiger partial charge is 0.328 e. The fraction of sp³-hybridized carbons (Fsp3) is 0.190. The van der Waals surface area contributed by atoms with E-state index in [-0.39, 0.29) is 11.4 Å². The largest absolute Gasteiger partial charge is 0.494 e. The fourth-order valence-electron chi connectivity index (χ4n) is 3.21. The van der Waals surface area contributed by atoms with Crippen LogP contribution in [0.2, 0.25) is 0 Å². The van der Waals surface area contributed by atoms with Crippen LogP contribution >= 0.6 is 0 Å². The number of nitrogens with zero attached hydrogens (tertiary/aromatic N) is 3. The molecule has 148 valence electrons. The van der Waals surface area contributed by atoms with Gasteiger partial charge in [-0.3, -0.25) is 13.9 Å². The number of imidazole rings is 1. The molecule has 2 heterocycles. The molecule has 0 saturated heterocycles. The summed E-state index contributed by atoms with van der Waals surface area (Å²) in [4.78, 5) is 24.3. The molecule has 0 spiro atoms. The summed E-state index contributed by atoms with van der Waals surface area (Å²) in [5.74, 6) is 0.423. The Hall–Kier alpha value is -3.81. The molecule has 0 aliphatic heterocycles. The Balaban J connectivity index is 1.51. The zero-order valence-electron chi connectivity index (χ0n) is 16.3. The van der Waals surface area contributed by atoms with E-state index in [0.29, 0.717) is 12.2 Å². The van der Waals surface area contributed by atoms with Crippen molar-refractivity contribution in [3.63, 3.8) is 0 Å². The molecule has 4 rings (SSSR count). The average Bonchev–Trinajstić information content (AvgIpc) is 3.23. The number of carbonyl (C=O) groups excluding carboxylic acids is 1. The van der Waals surface area contributed by atoms with Crippen LogP contribution in [0.4, 0.5) is 0 Å². The van der Waals surface area contributed by atoms with Gasteiger partial charge in [0.25, 0.3) is 0 Å². The van der Waals surface area contributed by atoms with E-state index in [1.807, 2.05) is 31.2 Å². The minimum absolute atomic E-state index is 0.0974. The lowest BCUT2D eigenvalue weighted by atomic mass is 10.2. The molecule has 0 bridgehead atoms. The Bertz CT molecular complexity index is 1310. The molecule has 0 radical (unpaired) electrons. The Morgan fingerprint density at radius 3 is 2.72 bits per heavy atom. The predicted molar refractivity (Wildman–Crippen MR) is 111 cm³/mol. The molecule has 4 aromatic rings. The van der Waals surface area contributed by atoms with Crippen LogP contribution in [-0.2, 0) is 14.1 Å². The summed E-state index contributed by atoms with van der Waals surface area (Å²) in [5, 5.41) is 4.78. The number of aryl methyl sites for hydroxylation is 2. The number of hydrazone groups is 1. The van der Waals surface area contributed by atoms with E-state index in [4.69, 9.17) is 9.15 Å². The third kappa shape index (κ3) is 3.40. The molecule has 0 atom stereocenters. The zero-order chi connectivity index (χ0) is 20.5. The molecule has 0 fully saturated rings. The number of rotatable bonds is 5. The van der Waals surface area contributed by atoms with Crippen LogP contribution in [0.3, 0.4) is 0 Å². The number of furan rings is 1. The first-order valence-electron chi connectivity index (χ1n) is 9.13. The molecule has 0 saturated carbocycles. The number of amides is 1. The highest BCUT2D eigenvalue weighted by Crippen LogP contribution is 2.24. The van der Waals surface area contributed by atoms with Crippen LogP contribution in [0, 0.1) is 0 Å². The summed E-state index contributed by atoms with van der Waals surface area (Å²) in [6.45, 7) is 2.47. The van der Waals surface area contributed by atoms with Crippen molar-refractivity contribution in [1.82, 2.24) is 14.6 Å². The summed E-state index contributed by atoms with van der Waals surface area (Å²) in [6, 6.07) is 12.5. The zero-order valence-corrected chi connectivity index (χ0v) is 16.3. The molecule has 0 unspecified atom stereocenters. The first kappa shape index (κ1) is 18.5. The fourth-order valence-corrected chi connectivity index (χ4v) is 3.21. The Labute approximate surface area is 166 Å². The number of nitrogens with one attached hydrogen (secondary N) is 1. The molecular formula is C21H20N4O4. The summed E-state index contributed by atoms with van der Waals surface area (Å²) in [5.41, 5.74) is 5.33. The second-order valence-electron chi connectivity index (χ2n) is 6.59. The molecule has 8 nitrogen and oxygen atoms in total. The van der Waals surface area contributed by atoms with E-state index in [0.717, 1.165) is 27.7 Å². The van der Waals surface area contributed by atoms with Crippen molar-refractivity contribution in [2.24, 2.45) is 19.2 Å². The van der Waals surface area contributed by atoms with Crippen molar-refractivity contribution in [3.8, 4) is 5.75 Å². The van der Waals surface area contributed by atoms with Gasteiger partial charge in [-0.15, -0.1) is 0 Å². The quantitative estimate of drug-likeness (QED) is 0.418. The monoisotopic (exact) mass is 392 g/mol. The lowest BCUT2D eigenvalue weighted by molar-refractivity contribution is 0.0929. The standard InChI is InChI=1S/C21H20N4O4/c1-4-28-15-6-8-18-14(10-15)11-19(29-18)20(26)23-22-12-13-5-7-16-17(9-13)25(3)21(27)24(16)2/h5-12H,4H2,1-3H3,(H,23,26)/b22-12+. The van der Waals surface area contributed by atoms with E-state index in [1.165, 1.54) is 6.21 Å². The maximum atomic E-state index is 12.3. The predicted octanol–water partition coefficient (Wildman–Crippen LogP) is 2.79. The van der Waals surface area contributed by atoms with Gasteiger partial charge in [0.15, 0.2) is 5.76 Å². The van der Waals surface area contributed by atoms with Gasteiger partial charge in [-0.25, -0.2) is 10.2 Å². The van der Waals surface area contributed by atoms with Crippen LogP contribution in [0.15, 0.2) is 56.8 Å².